The lowest BCUT2D eigenvalue weighted by molar-refractivity contribution is 0.632. The maximum atomic E-state index is 3.53. The predicted octanol–water partition coefficient (Wildman–Crippen LogP) is 2.52. The van der Waals surface area contributed by atoms with Crippen molar-refractivity contribution in [2.75, 3.05) is 18.1 Å². The summed E-state index contributed by atoms with van der Waals surface area (Å²) in [5.41, 5.74) is 0. The molecule has 0 aliphatic carbocycles. The molecule has 1 unspecified atom stereocenters. The van der Waals surface area contributed by atoms with Crippen molar-refractivity contribution in [2.24, 2.45) is 5.92 Å². The molecule has 0 radical (unpaired) electrons. The SMILES string of the molecule is CCC(C)CSC[C@H]1CCCN1. The van der Waals surface area contributed by atoms with Crippen LogP contribution in [0.2, 0.25) is 0 Å². The molecule has 1 N–H and O–H groups in total. The van der Waals surface area contributed by atoms with E-state index < -0.39 is 0 Å². The van der Waals surface area contributed by atoms with Crippen LogP contribution in [0.3, 0.4) is 0 Å². The Balaban J connectivity index is 1.94. The van der Waals surface area contributed by atoms with Crippen LogP contribution in [0.15, 0.2) is 0 Å². The summed E-state index contributed by atoms with van der Waals surface area (Å²) < 4.78 is 0. The average Bonchev–Trinajstić information content (AvgIpc) is 2.57. The molecule has 2 atom stereocenters. The molecule has 1 aliphatic heterocycles. The number of thioether (sulfide) groups is 1. The fourth-order valence-corrected chi connectivity index (χ4v) is 2.77. The van der Waals surface area contributed by atoms with E-state index in [9.17, 15) is 0 Å². The third-order valence-corrected chi connectivity index (χ3v) is 4.02. The van der Waals surface area contributed by atoms with E-state index in [-0.39, 0.29) is 0 Å². The van der Waals surface area contributed by atoms with E-state index >= 15 is 0 Å². The maximum Gasteiger partial charge on any atom is 0.0158 e. The van der Waals surface area contributed by atoms with Crippen LogP contribution in [-0.4, -0.2) is 24.1 Å². The first-order valence-electron chi connectivity index (χ1n) is 5.14. The molecule has 72 valence electrons. The van der Waals surface area contributed by atoms with Crippen LogP contribution in [0.5, 0.6) is 0 Å². The van der Waals surface area contributed by atoms with Gasteiger partial charge in [0, 0.05) is 11.8 Å². The Kier molecular flexibility index (Phi) is 5.08. The van der Waals surface area contributed by atoms with Gasteiger partial charge in [-0.1, -0.05) is 20.3 Å². The monoisotopic (exact) mass is 187 g/mol. The molecular weight excluding hydrogens is 166 g/mol. The Morgan fingerprint density at radius 1 is 1.58 bits per heavy atom. The minimum atomic E-state index is 0.819. The molecule has 0 spiro atoms. The van der Waals surface area contributed by atoms with Crippen LogP contribution in [0.1, 0.15) is 33.1 Å². The summed E-state index contributed by atoms with van der Waals surface area (Å²) in [5, 5.41) is 3.53. The summed E-state index contributed by atoms with van der Waals surface area (Å²) in [4.78, 5) is 0. The molecule has 1 saturated heterocycles. The molecule has 12 heavy (non-hydrogen) atoms. The van der Waals surface area contributed by atoms with Crippen molar-refractivity contribution in [3.63, 3.8) is 0 Å². The smallest absolute Gasteiger partial charge is 0.0158 e. The lowest BCUT2D eigenvalue weighted by Gasteiger charge is -2.11. The van der Waals surface area contributed by atoms with Crippen LogP contribution < -0.4 is 5.32 Å². The van der Waals surface area contributed by atoms with Gasteiger partial charge in [0.2, 0.25) is 0 Å². The quantitative estimate of drug-likeness (QED) is 0.710. The van der Waals surface area contributed by atoms with Crippen molar-refractivity contribution >= 4 is 11.8 Å². The molecule has 2 heteroatoms. The molecule has 1 fully saturated rings. The Labute approximate surface area is 80.7 Å². The maximum absolute atomic E-state index is 3.53. The number of nitrogens with one attached hydrogen (secondary N) is 1. The normalized spacial score (nSPS) is 26.0. The summed E-state index contributed by atoms with van der Waals surface area (Å²) in [6, 6.07) is 0.819. The number of rotatable bonds is 5. The lowest BCUT2D eigenvalue weighted by atomic mass is 10.2. The molecule has 0 aromatic carbocycles. The van der Waals surface area contributed by atoms with Crippen molar-refractivity contribution < 1.29 is 0 Å². The Bertz CT molecular complexity index is 110. The zero-order chi connectivity index (χ0) is 8.81. The fraction of sp³-hybridized carbons (Fsp3) is 1.00. The standard InChI is InChI=1S/C10H21NS/c1-3-9(2)7-12-8-10-5-4-6-11-10/h9-11H,3-8H2,1-2H3/t9?,10-/m1/s1. The zero-order valence-electron chi connectivity index (χ0n) is 8.31. The van der Waals surface area contributed by atoms with E-state index in [4.69, 9.17) is 0 Å². The number of hydrogen-bond donors (Lipinski definition) is 1. The molecule has 0 aromatic rings. The first kappa shape index (κ1) is 10.4. The summed E-state index contributed by atoms with van der Waals surface area (Å²) in [6.07, 6.45) is 4.10. The Hall–Kier alpha value is 0.310. The lowest BCUT2D eigenvalue weighted by Crippen LogP contribution is -2.24. The highest BCUT2D eigenvalue weighted by molar-refractivity contribution is 7.99. The van der Waals surface area contributed by atoms with Crippen LogP contribution >= 0.6 is 11.8 Å². The van der Waals surface area contributed by atoms with Crippen molar-refractivity contribution in [3.05, 3.63) is 0 Å². The summed E-state index contributed by atoms with van der Waals surface area (Å²) in [5.74, 6) is 3.57. The molecule has 1 aliphatic rings. The third-order valence-electron chi connectivity index (χ3n) is 2.58. The van der Waals surface area contributed by atoms with Crippen molar-refractivity contribution in [1.82, 2.24) is 5.32 Å². The van der Waals surface area contributed by atoms with E-state index in [1.54, 1.807) is 0 Å². The molecule has 0 aromatic heterocycles. The Morgan fingerprint density at radius 3 is 3.00 bits per heavy atom. The van der Waals surface area contributed by atoms with Crippen LogP contribution in [0, 0.1) is 5.92 Å². The van der Waals surface area contributed by atoms with E-state index in [1.807, 2.05) is 0 Å². The minimum absolute atomic E-state index is 0.819. The van der Waals surface area contributed by atoms with Gasteiger partial charge in [-0.2, -0.15) is 11.8 Å². The highest BCUT2D eigenvalue weighted by Gasteiger charge is 2.13. The average molecular weight is 187 g/mol. The van der Waals surface area contributed by atoms with Gasteiger partial charge >= 0.3 is 0 Å². The minimum Gasteiger partial charge on any atom is -0.313 e. The van der Waals surface area contributed by atoms with Gasteiger partial charge in [0.1, 0.15) is 0 Å². The molecule has 0 bridgehead atoms. The first-order chi connectivity index (χ1) is 5.83. The molecule has 1 nitrogen and oxygen atoms in total. The van der Waals surface area contributed by atoms with Gasteiger partial charge < -0.3 is 5.32 Å². The van der Waals surface area contributed by atoms with Gasteiger partial charge in [0.15, 0.2) is 0 Å². The van der Waals surface area contributed by atoms with Crippen molar-refractivity contribution in [1.29, 1.82) is 0 Å². The summed E-state index contributed by atoms with van der Waals surface area (Å²) in [6.45, 7) is 5.86. The Morgan fingerprint density at radius 2 is 2.42 bits per heavy atom. The fourth-order valence-electron chi connectivity index (χ4n) is 1.43. The summed E-state index contributed by atoms with van der Waals surface area (Å²) >= 11 is 2.12. The first-order valence-corrected chi connectivity index (χ1v) is 6.29. The third kappa shape index (κ3) is 3.81. The van der Waals surface area contributed by atoms with E-state index in [1.165, 1.54) is 37.3 Å². The molecule has 1 heterocycles. The molecule has 0 saturated carbocycles. The van der Waals surface area contributed by atoms with Crippen molar-refractivity contribution in [3.8, 4) is 0 Å². The highest BCUT2D eigenvalue weighted by Crippen LogP contribution is 2.15. The van der Waals surface area contributed by atoms with Crippen LogP contribution in [0.25, 0.3) is 0 Å². The van der Waals surface area contributed by atoms with E-state index in [2.05, 4.69) is 30.9 Å². The van der Waals surface area contributed by atoms with Gasteiger partial charge in [0.05, 0.1) is 0 Å². The van der Waals surface area contributed by atoms with E-state index in [0.717, 1.165) is 12.0 Å². The van der Waals surface area contributed by atoms with Gasteiger partial charge in [-0.15, -0.1) is 0 Å². The van der Waals surface area contributed by atoms with E-state index in [0.29, 0.717) is 0 Å². The second kappa shape index (κ2) is 5.87. The molecule has 0 amide bonds. The van der Waals surface area contributed by atoms with Gasteiger partial charge in [-0.3, -0.25) is 0 Å². The largest absolute Gasteiger partial charge is 0.313 e. The van der Waals surface area contributed by atoms with Gasteiger partial charge in [0.25, 0.3) is 0 Å². The molecule has 1 rings (SSSR count). The van der Waals surface area contributed by atoms with Crippen LogP contribution in [0.4, 0.5) is 0 Å². The molecular formula is C10H21NS. The second-order valence-electron chi connectivity index (χ2n) is 3.84. The highest BCUT2D eigenvalue weighted by atomic mass is 32.2. The second-order valence-corrected chi connectivity index (χ2v) is 4.92. The predicted molar refractivity (Wildman–Crippen MR) is 57.8 cm³/mol. The van der Waals surface area contributed by atoms with Crippen molar-refractivity contribution in [2.45, 2.75) is 39.2 Å². The van der Waals surface area contributed by atoms with Gasteiger partial charge in [-0.25, -0.2) is 0 Å². The number of hydrogen-bond acceptors (Lipinski definition) is 2. The zero-order valence-corrected chi connectivity index (χ0v) is 9.12. The summed E-state index contributed by atoms with van der Waals surface area (Å²) in [7, 11) is 0. The van der Waals surface area contributed by atoms with Crippen LogP contribution in [-0.2, 0) is 0 Å². The topological polar surface area (TPSA) is 12.0 Å². The van der Waals surface area contributed by atoms with Gasteiger partial charge in [-0.05, 0) is 31.1 Å².